The van der Waals surface area contributed by atoms with Gasteiger partial charge in [0.15, 0.2) is 0 Å². The number of aliphatic hydroxyl groups excluding tert-OH is 1. The normalized spacial score (nSPS) is 27.8. The molecule has 28 heavy (non-hydrogen) atoms. The zero-order chi connectivity index (χ0) is 19.8. The third-order valence-corrected chi connectivity index (χ3v) is 7.20. The Kier molecular flexibility index (Phi) is 5.98. The van der Waals surface area contributed by atoms with Crippen molar-refractivity contribution in [3.8, 4) is 0 Å². The van der Waals surface area contributed by atoms with Gasteiger partial charge in [-0.2, -0.15) is 0 Å². The maximum absolute atomic E-state index is 15.0. The van der Waals surface area contributed by atoms with Crippen LogP contribution in [0.3, 0.4) is 0 Å². The molecule has 0 radical (unpaired) electrons. The Morgan fingerprint density at radius 3 is 2.57 bits per heavy atom. The highest BCUT2D eigenvalue weighted by Gasteiger charge is 2.49. The first-order valence-corrected chi connectivity index (χ1v) is 10.8. The van der Waals surface area contributed by atoms with E-state index in [1.165, 1.54) is 24.8 Å². The molecule has 4 atom stereocenters. The van der Waals surface area contributed by atoms with Gasteiger partial charge in [-0.15, -0.1) is 0 Å². The fourth-order valence-electron chi connectivity index (χ4n) is 5.22. The van der Waals surface area contributed by atoms with Gasteiger partial charge in [0.1, 0.15) is 5.82 Å². The highest BCUT2D eigenvalue weighted by molar-refractivity contribution is 6.31. The van der Waals surface area contributed by atoms with Crippen molar-refractivity contribution >= 4 is 23.2 Å². The van der Waals surface area contributed by atoms with Gasteiger partial charge in [-0.25, -0.2) is 4.39 Å². The fourth-order valence-corrected chi connectivity index (χ4v) is 5.63. The first-order chi connectivity index (χ1) is 13.5. The number of hydrogen-bond donors (Lipinski definition) is 2. The van der Waals surface area contributed by atoms with E-state index in [-0.39, 0.29) is 35.4 Å². The molecule has 1 aliphatic heterocycles. The second kappa shape index (κ2) is 8.31. The van der Waals surface area contributed by atoms with Crippen molar-refractivity contribution in [2.24, 2.45) is 11.8 Å². The highest BCUT2D eigenvalue weighted by atomic mass is 35.5. The van der Waals surface area contributed by atoms with Crippen LogP contribution in [0.25, 0.3) is 0 Å². The number of aryl methyl sites for hydroxylation is 1. The van der Waals surface area contributed by atoms with Crippen LogP contribution in [-0.2, 0) is 0 Å². The van der Waals surface area contributed by atoms with E-state index in [0.29, 0.717) is 28.8 Å². The maximum Gasteiger partial charge on any atom is 0.146 e. The van der Waals surface area contributed by atoms with Crippen LogP contribution in [0.2, 0.25) is 10.0 Å². The van der Waals surface area contributed by atoms with Crippen molar-refractivity contribution in [3.05, 3.63) is 69.0 Å². The van der Waals surface area contributed by atoms with E-state index in [4.69, 9.17) is 23.2 Å². The number of nitrogens with one attached hydrogen (secondary N) is 1. The molecule has 1 aliphatic carbocycles. The summed E-state index contributed by atoms with van der Waals surface area (Å²) >= 11 is 12.3. The fraction of sp³-hybridized carbons (Fsp3) is 0.478. The van der Waals surface area contributed by atoms with Crippen molar-refractivity contribution in [1.82, 2.24) is 5.32 Å². The molecule has 2 N–H and O–H groups in total. The average Bonchev–Trinajstić information content (AvgIpc) is 2.95. The molecule has 5 heteroatoms. The zero-order valence-electron chi connectivity index (χ0n) is 16.0. The second-order valence-electron chi connectivity index (χ2n) is 8.20. The van der Waals surface area contributed by atoms with Crippen molar-refractivity contribution < 1.29 is 9.50 Å². The summed E-state index contributed by atoms with van der Waals surface area (Å²) in [5, 5.41) is 14.2. The smallest absolute Gasteiger partial charge is 0.146 e. The minimum atomic E-state index is -0.352. The Bertz CT molecular complexity index is 854. The molecule has 1 heterocycles. The van der Waals surface area contributed by atoms with Gasteiger partial charge in [0.2, 0.25) is 0 Å². The van der Waals surface area contributed by atoms with Crippen LogP contribution in [0.15, 0.2) is 36.4 Å². The van der Waals surface area contributed by atoms with E-state index in [0.717, 1.165) is 5.56 Å². The summed E-state index contributed by atoms with van der Waals surface area (Å²) in [5.41, 5.74) is 2.94. The van der Waals surface area contributed by atoms with E-state index < -0.39 is 0 Å². The largest absolute Gasteiger partial charge is 0.396 e. The van der Waals surface area contributed by atoms with Gasteiger partial charge in [0, 0.05) is 35.2 Å². The molecule has 2 fully saturated rings. The van der Waals surface area contributed by atoms with E-state index in [2.05, 4.69) is 18.3 Å². The van der Waals surface area contributed by atoms with Gasteiger partial charge in [-0.1, -0.05) is 60.7 Å². The minimum Gasteiger partial charge on any atom is -0.396 e. The zero-order valence-corrected chi connectivity index (χ0v) is 17.5. The molecule has 4 unspecified atom stereocenters. The van der Waals surface area contributed by atoms with Gasteiger partial charge in [-0.05, 0) is 54.5 Å². The van der Waals surface area contributed by atoms with Crippen LogP contribution in [0.4, 0.5) is 4.39 Å². The maximum atomic E-state index is 15.0. The van der Waals surface area contributed by atoms with E-state index in [1.54, 1.807) is 6.07 Å². The molecule has 150 valence electrons. The summed E-state index contributed by atoms with van der Waals surface area (Å²) in [6.45, 7) is 2.20. The molecule has 0 spiro atoms. The lowest BCUT2D eigenvalue weighted by Gasteiger charge is -2.39. The molecule has 0 aromatic heterocycles. The number of halogens is 3. The Balaban J connectivity index is 1.83. The molecule has 2 aromatic rings. The molecule has 1 saturated carbocycles. The molecule has 4 rings (SSSR count). The standard InChI is InChI=1S/C23H26Cl2FNO/c1-13-12-15(24)8-9-16(13)21-20(14-4-2-5-14)19(10-11-28)27-23(21)17-6-3-7-18(25)22(17)26/h3,6-9,12,14,19-21,23,27-28H,2,4-5,10-11H2,1H3. The van der Waals surface area contributed by atoms with Crippen LogP contribution < -0.4 is 5.32 Å². The van der Waals surface area contributed by atoms with Crippen molar-refractivity contribution in [3.63, 3.8) is 0 Å². The topological polar surface area (TPSA) is 32.3 Å². The quantitative estimate of drug-likeness (QED) is 0.616. The lowest BCUT2D eigenvalue weighted by atomic mass is 9.65. The lowest BCUT2D eigenvalue weighted by molar-refractivity contribution is 0.156. The Morgan fingerprint density at radius 2 is 1.93 bits per heavy atom. The molecule has 2 nitrogen and oxygen atoms in total. The third-order valence-electron chi connectivity index (χ3n) is 6.67. The summed E-state index contributed by atoms with van der Waals surface area (Å²) in [6.07, 6.45) is 4.31. The van der Waals surface area contributed by atoms with E-state index in [1.807, 2.05) is 24.3 Å². The highest BCUT2D eigenvalue weighted by Crippen LogP contribution is 2.53. The summed E-state index contributed by atoms with van der Waals surface area (Å²) < 4.78 is 15.0. The lowest BCUT2D eigenvalue weighted by Crippen LogP contribution is -2.36. The number of benzene rings is 2. The summed E-state index contributed by atoms with van der Waals surface area (Å²) in [7, 11) is 0. The summed E-state index contributed by atoms with van der Waals surface area (Å²) in [6, 6.07) is 11.2. The van der Waals surface area contributed by atoms with Crippen LogP contribution >= 0.6 is 23.2 Å². The predicted octanol–water partition coefficient (Wildman–Crippen LogP) is 6.04. The van der Waals surface area contributed by atoms with Gasteiger partial charge in [-0.3, -0.25) is 0 Å². The third kappa shape index (κ3) is 3.59. The van der Waals surface area contributed by atoms with Crippen molar-refractivity contribution in [1.29, 1.82) is 0 Å². The van der Waals surface area contributed by atoms with Crippen molar-refractivity contribution in [2.75, 3.05) is 6.61 Å². The monoisotopic (exact) mass is 421 g/mol. The van der Waals surface area contributed by atoms with Gasteiger partial charge < -0.3 is 10.4 Å². The minimum absolute atomic E-state index is 0.118. The number of rotatable bonds is 5. The van der Waals surface area contributed by atoms with Gasteiger partial charge in [0.25, 0.3) is 0 Å². The van der Waals surface area contributed by atoms with Crippen LogP contribution in [0.5, 0.6) is 0 Å². The molecule has 0 amide bonds. The van der Waals surface area contributed by atoms with Crippen LogP contribution in [0, 0.1) is 24.6 Å². The van der Waals surface area contributed by atoms with E-state index in [9.17, 15) is 5.11 Å². The van der Waals surface area contributed by atoms with Gasteiger partial charge >= 0.3 is 0 Å². The van der Waals surface area contributed by atoms with Crippen LogP contribution in [0.1, 0.15) is 54.3 Å². The van der Waals surface area contributed by atoms with E-state index >= 15 is 4.39 Å². The first-order valence-electron chi connectivity index (χ1n) is 10.1. The number of hydrogen-bond acceptors (Lipinski definition) is 2. The molecule has 2 aromatic carbocycles. The second-order valence-corrected chi connectivity index (χ2v) is 9.04. The van der Waals surface area contributed by atoms with Crippen LogP contribution in [-0.4, -0.2) is 17.8 Å². The molecule has 1 saturated heterocycles. The summed E-state index contributed by atoms with van der Waals surface area (Å²) in [5.74, 6) is 0.711. The Hall–Kier alpha value is -1.13. The average molecular weight is 422 g/mol. The molecule has 2 aliphatic rings. The Morgan fingerprint density at radius 1 is 1.14 bits per heavy atom. The SMILES string of the molecule is Cc1cc(Cl)ccc1C1C(c2cccc(Cl)c2F)NC(CCO)C1C1CCC1. The summed E-state index contributed by atoms with van der Waals surface area (Å²) in [4.78, 5) is 0. The molecule has 0 bridgehead atoms. The molecular weight excluding hydrogens is 396 g/mol. The first kappa shape index (κ1) is 20.2. The van der Waals surface area contributed by atoms with Crippen molar-refractivity contribution in [2.45, 2.75) is 50.6 Å². The Labute approximate surface area is 176 Å². The number of aliphatic hydroxyl groups is 1. The predicted molar refractivity (Wildman–Crippen MR) is 113 cm³/mol. The molecular formula is C23H26Cl2FNO. The van der Waals surface area contributed by atoms with Gasteiger partial charge in [0.05, 0.1) is 5.02 Å².